The fourth-order valence-electron chi connectivity index (χ4n) is 2.38. The Hall–Kier alpha value is -3.42. The minimum absolute atomic E-state index is 0.0118. The van der Waals surface area contributed by atoms with Crippen molar-refractivity contribution in [2.45, 2.75) is 13.5 Å². The number of aryl methyl sites for hydroxylation is 1. The highest BCUT2D eigenvalue weighted by Gasteiger charge is 2.14. The van der Waals surface area contributed by atoms with Gasteiger partial charge in [0.2, 0.25) is 0 Å². The summed E-state index contributed by atoms with van der Waals surface area (Å²) < 4.78 is 40.3. The number of amides is 1. The van der Waals surface area contributed by atoms with Gasteiger partial charge in [0.25, 0.3) is 5.91 Å². The van der Waals surface area contributed by atoms with Crippen LogP contribution in [0.2, 0.25) is 0 Å². The number of aromatic nitrogens is 2. The Kier molecular flexibility index (Phi) is 5.35. The van der Waals surface area contributed by atoms with E-state index >= 15 is 0 Å². The lowest BCUT2D eigenvalue weighted by molar-refractivity contribution is 0.102. The lowest BCUT2D eigenvalue weighted by Crippen LogP contribution is -2.16. The standard InChI is InChI=1S/C19H15F3N4O/c1-11-24-17(19(27)26-16-7-6-13(20)8-15(16)22)9-18(25-11)23-10-12-4-2-3-5-14(12)21/h2-9H,10H2,1H3,(H,26,27)(H,23,24,25). The predicted molar refractivity (Wildman–Crippen MR) is 94.8 cm³/mol. The molecule has 0 saturated carbocycles. The van der Waals surface area contributed by atoms with Gasteiger partial charge in [0.1, 0.15) is 34.8 Å². The van der Waals surface area contributed by atoms with Gasteiger partial charge in [-0.2, -0.15) is 0 Å². The van der Waals surface area contributed by atoms with Gasteiger partial charge < -0.3 is 10.6 Å². The Bertz CT molecular complexity index is 994. The normalized spacial score (nSPS) is 10.5. The topological polar surface area (TPSA) is 66.9 Å². The number of carbonyl (C=O) groups excluding carboxylic acids is 1. The molecule has 0 bridgehead atoms. The van der Waals surface area contributed by atoms with E-state index in [1.807, 2.05) is 0 Å². The summed E-state index contributed by atoms with van der Waals surface area (Å²) in [7, 11) is 0. The van der Waals surface area contributed by atoms with Crippen LogP contribution < -0.4 is 10.6 Å². The summed E-state index contributed by atoms with van der Waals surface area (Å²) in [5.41, 5.74) is 0.258. The van der Waals surface area contributed by atoms with Crippen LogP contribution >= 0.6 is 0 Å². The number of benzene rings is 2. The predicted octanol–water partition coefficient (Wildman–Crippen LogP) is 4.07. The van der Waals surface area contributed by atoms with E-state index in [-0.39, 0.29) is 23.7 Å². The molecule has 138 valence electrons. The molecule has 5 nitrogen and oxygen atoms in total. The molecular formula is C19H15F3N4O. The first-order valence-corrected chi connectivity index (χ1v) is 8.02. The van der Waals surface area contributed by atoms with E-state index in [1.54, 1.807) is 25.1 Å². The second-order valence-electron chi connectivity index (χ2n) is 5.71. The first kappa shape index (κ1) is 18.4. The summed E-state index contributed by atoms with van der Waals surface area (Å²) in [6.07, 6.45) is 0. The molecule has 0 spiro atoms. The van der Waals surface area contributed by atoms with Crippen LogP contribution in [0, 0.1) is 24.4 Å². The largest absolute Gasteiger partial charge is 0.366 e. The van der Waals surface area contributed by atoms with Gasteiger partial charge in [-0.05, 0) is 25.1 Å². The lowest BCUT2D eigenvalue weighted by atomic mass is 10.2. The average Bonchev–Trinajstić information content (AvgIpc) is 2.63. The van der Waals surface area contributed by atoms with Crippen LogP contribution in [-0.2, 0) is 6.54 Å². The van der Waals surface area contributed by atoms with Crippen LogP contribution in [0.4, 0.5) is 24.7 Å². The Labute approximate surface area is 153 Å². The van der Waals surface area contributed by atoms with Gasteiger partial charge >= 0.3 is 0 Å². The monoisotopic (exact) mass is 372 g/mol. The number of hydrogen-bond donors (Lipinski definition) is 2. The van der Waals surface area contributed by atoms with Crippen molar-refractivity contribution in [2.24, 2.45) is 0 Å². The molecule has 0 fully saturated rings. The van der Waals surface area contributed by atoms with E-state index in [1.165, 1.54) is 12.1 Å². The van der Waals surface area contributed by atoms with Crippen LogP contribution in [-0.4, -0.2) is 15.9 Å². The molecule has 0 unspecified atom stereocenters. The number of nitrogens with zero attached hydrogens (tertiary/aromatic N) is 2. The zero-order valence-corrected chi connectivity index (χ0v) is 14.3. The third-order valence-electron chi connectivity index (χ3n) is 3.67. The van der Waals surface area contributed by atoms with E-state index in [0.29, 0.717) is 23.3 Å². The molecule has 3 rings (SSSR count). The van der Waals surface area contributed by atoms with Crippen molar-refractivity contribution in [3.05, 3.63) is 83.1 Å². The minimum atomic E-state index is -0.896. The summed E-state index contributed by atoms with van der Waals surface area (Å²) in [5, 5.41) is 5.26. The number of nitrogens with one attached hydrogen (secondary N) is 2. The van der Waals surface area contributed by atoms with Gasteiger partial charge in [0.15, 0.2) is 0 Å². The molecule has 0 aliphatic rings. The third-order valence-corrected chi connectivity index (χ3v) is 3.67. The Morgan fingerprint density at radius 2 is 1.78 bits per heavy atom. The van der Waals surface area contributed by atoms with E-state index < -0.39 is 17.5 Å². The second-order valence-corrected chi connectivity index (χ2v) is 5.71. The van der Waals surface area contributed by atoms with Crippen LogP contribution in [0.25, 0.3) is 0 Å². The summed E-state index contributed by atoms with van der Waals surface area (Å²) in [6.45, 7) is 1.75. The van der Waals surface area contributed by atoms with E-state index in [4.69, 9.17) is 0 Å². The SMILES string of the molecule is Cc1nc(NCc2ccccc2F)cc(C(=O)Nc2ccc(F)cc2F)n1. The fourth-order valence-corrected chi connectivity index (χ4v) is 2.38. The van der Waals surface area contributed by atoms with Crippen LogP contribution in [0.3, 0.4) is 0 Å². The first-order valence-electron chi connectivity index (χ1n) is 8.02. The molecule has 2 aromatic carbocycles. The summed E-state index contributed by atoms with van der Waals surface area (Å²) in [5.74, 6) is -2.07. The van der Waals surface area contributed by atoms with E-state index in [9.17, 15) is 18.0 Å². The molecule has 1 aromatic heterocycles. The molecule has 1 heterocycles. The second kappa shape index (κ2) is 7.86. The smallest absolute Gasteiger partial charge is 0.274 e. The molecule has 8 heteroatoms. The van der Waals surface area contributed by atoms with Crippen molar-refractivity contribution < 1.29 is 18.0 Å². The van der Waals surface area contributed by atoms with Crippen LogP contribution in [0.15, 0.2) is 48.5 Å². The number of anilines is 2. The highest BCUT2D eigenvalue weighted by molar-refractivity contribution is 6.03. The summed E-state index contributed by atoms with van der Waals surface area (Å²) >= 11 is 0. The first-order chi connectivity index (χ1) is 12.9. The minimum Gasteiger partial charge on any atom is -0.366 e. The summed E-state index contributed by atoms with van der Waals surface area (Å²) in [6, 6.07) is 10.5. The number of rotatable bonds is 5. The van der Waals surface area contributed by atoms with Gasteiger partial charge in [0.05, 0.1) is 5.69 Å². The van der Waals surface area contributed by atoms with E-state index in [2.05, 4.69) is 20.6 Å². The zero-order chi connectivity index (χ0) is 19.4. The molecule has 0 saturated heterocycles. The molecule has 0 radical (unpaired) electrons. The van der Waals surface area contributed by atoms with Crippen LogP contribution in [0.1, 0.15) is 21.9 Å². The molecular weight excluding hydrogens is 357 g/mol. The van der Waals surface area contributed by atoms with Crippen molar-refractivity contribution >= 4 is 17.4 Å². The quantitative estimate of drug-likeness (QED) is 0.709. The Morgan fingerprint density at radius 3 is 2.52 bits per heavy atom. The van der Waals surface area contributed by atoms with Crippen molar-refractivity contribution in [3.63, 3.8) is 0 Å². The average molecular weight is 372 g/mol. The van der Waals surface area contributed by atoms with Crippen LogP contribution in [0.5, 0.6) is 0 Å². The highest BCUT2D eigenvalue weighted by Crippen LogP contribution is 2.17. The number of carbonyl (C=O) groups is 1. The molecule has 2 N–H and O–H groups in total. The molecule has 0 aliphatic carbocycles. The third kappa shape index (κ3) is 4.60. The lowest BCUT2D eigenvalue weighted by Gasteiger charge is -2.10. The molecule has 0 aliphatic heterocycles. The number of hydrogen-bond acceptors (Lipinski definition) is 4. The Balaban J connectivity index is 1.76. The molecule has 0 atom stereocenters. The van der Waals surface area contributed by atoms with Crippen molar-refractivity contribution in [1.29, 1.82) is 0 Å². The van der Waals surface area contributed by atoms with Gasteiger partial charge in [-0.3, -0.25) is 4.79 Å². The molecule has 3 aromatic rings. The number of halogens is 3. The van der Waals surface area contributed by atoms with Gasteiger partial charge in [0, 0.05) is 24.2 Å². The maximum absolute atomic E-state index is 13.7. The fraction of sp³-hybridized carbons (Fsp3) is 0.105. The molecule has 27 heavy (non-hydrogen) atoms. The highest BCUT2D eigenvalue weighted by atomic mass is 19.1. The molecule has 1 amide bonds. The maximum atomic E-state index is 13.7. The van der Waals surface area contributed by atoms with Gasteiger partial charge in [-0.15, -0.1) is 0 Å². The van der Waals surface area contributed by atoms with Gasteiger partial charge in [-0.1, -0.05) is 18.2 Å². The summed E-state index contributed by atoms with van der Waals surface area (Å²) in [4.78, 5) is 20.5. The van der Waals surface area contributed by atoms with Crippen molar-refractivity contribution in [3.8, 4) is 0 Å². The van der Waals surface area contributed by atoms with E-state index in [0.717, 1.165) is 12.1 Å². The Morgan fingerprint density at radius 1 is 1.00 bits per heavy atom. The van der Waals surface area contributed by atoms with Crippen molar-refractivity contribution in [1.82, 2.24) is 9.97 Å². The van der Waals surface area contributed by atoms with Crippen molar-refractivity contribution in [2.75, 3.05) is 10.6 Å². The maximum Gasteiger partial charge on any atom is 0.274 e. The zero-order valence-electron chi connectivity index (χ0n) is 14.3. The van der Waals surface area contributed by atoms with Gasteiger partial charge in [-0.25, -0.2) is 23.1 Å².